The van der Waals surface area contributed by atoms with Crippen LogP contribution in [0.15, 0.2) is 18.3 Å². The lowest BCUT2D eigenvalue weighted by Gasteiger charge is -2.52. The highest BCUT2D eigenvalue weighted by molar-refractivity contribution is 5.68. The third kappa shape index (κ3) is 3.82. The fourth-order valence-corrected chi connectivity index (χ4v) is 5.39. The van der Waals surface area contributed by atoms with E-state index in [-0.39, 0.29) is 29.1 Å². The molecule has 0 aliphatic carbocycles. The molecule has 176 valence electrons. The third-order valence-corrected chi connectivity index (χ3v) is 7.03. The largest absolute Gasteiger partial charge is 0.431 e. The summed E-state index contributed by atoms with van der Waals surface area (Å²) < 4.78 is 41.6. The van der Waals surface area contributed by atoms with Crippen molar-refractivity contribution in [2.45, 2.75) is 38.0 Å². The molecule has 11 heteroatoms. The first kappa shape index (κ1) is 20.8. The Balaban J connectivity index is 1.35. The number of ether oxygens (including phenoxy) is 3. The molecule has 4 saturated heterocycles. The number of anilines is 3. The Bertz CT molecular complexity index is 1040. The second kappa shape index (κ2) is 7.91. The summed E-state index contributed by atoms with van der Waals surface area (Å²) in [5.41, 5.74) is 7.03. The normalized spacial score (nSPS) is 25.7. The Kier molecular flexibility index (Phi) is 4.98. The van der Waals surface area contributed by atoms with Gasteiger partial charge in [-0.15, -0.1) is 0 Å². The van der Waals surface area contributed by atoms with Crippen LogP contribution in [0.3, 0.4) is 0 Å². The first-order valence-corrected chi connectivity index (χ1v) is 11.3. The minimum Gasteiger partial charge on any atom is -0.431 e. The Hall–Kier alpha value is -2.79. The van der Waals surface area contributed by atoms with Gasteiger partial charge >= 0.3 is 6.61 Å². The van der Waals surface area contributed by atoms with E-state index in [0.29, 0.717) is 23.8 Å². The van der Waals surface area contributed by atoms with Crippen molar-refractivity contribution in [3.05, 3.63) is 18.3 Å². The van der Waals surface area contributed by atoms with Crippen LogP contribution in [0, 0.1) is 5.41 Å². The second-order valence-corrected chi connectivity index (χ2v) is 9.41. The summed E-state index contributed by atoms with van der Waals surface area (Å²) in [5.74, 6) is 1.17. The van der Waals surface area contributed by atoms with E-state index < -0.39 is 6.61 Å². The molecule has 2 aromatic rings. The van der Waals surface area contributed by atoms with E-state index in [1.54, 1.807) is 0 Å². The van der Waals surface area contributed by atoms with Gasteiger partial charge in [-0.3, -0.25) is 0 Å². The van der Waals surface area contributed by atoms with Gasteiger partial charge in [-0.1, -0.05) is 0 Å². The average molecular weight is 460 g/mol. The van der Waals surface area contributed by atoms with Crippen molar-refractivity contribution in [3.63, 3.8) is 0 Å². The number of hydrogen-bond donors (Lipinski definition) is 1. The van der Waals surface area contributed by atoms with Gasteiger partial charge in [-0.25, -0.2) is 9.97 Å². The number of morpholine rings is 1. The minimum absolute atomic E-state index is 0.0930. The van der Waals surface area contributed by atoms with Crippen LogP contribution in [0.1, 0.15) is 19.3 Å². The van der Waals surface area contributed by atoms with E-state index in [4.69, 9.17) is 25.2 Å². The van der Waals surface area contributed by atoms with Gasteiger partial charge in [0.05, 0.1) is 31.1 Å². The van der Waals surface area contributed by atoms with Crippen LogP contribution in [0.5, 0.6) is 5.75 Å². The quantitative estimate of drug-likeness (QED) is 0.721. The van der Waals surface area contributed by atoms with E-state index in [0.717, 1.165) is 57.9 Å². The number of rotatable bonds is 5. The molecule has 6 heterocycles. The molecule has 2 aromatic heterocycles. The summed E-state index contributed by atoms with van der Waals surface area (Å²) in [5, 5.41) is 0. The summed E-state index contributed by atoms with van der Waals surface area (Å²) in [6, 6.07) is 3.61. The lowest BCUT2D eigenvalue weighted by molar-refractivity contribution is -0.0494. The highest BCUT2D eigenvalue weighted by Crippen LogP contribution is 2.41. The SMILES string of the molecule is Nc1ncc(-c2cc(N3C[C@@H]4C[C@H]3CO4)nc(N3CC4(CCCOC4)C3)n2)cc1OC(F)F. The molecule has 2 bridgehead atoms. The molecule has 2 N–H and O–H groups in total. The molecule has 2 atom stereocenters. The standard InChI is InChI=1S/C22H26F2N6O3/c23-20(24)33-17-4-13(7-26-19(17)25)16-6-18(30-8-15-5-14(30)9-32-15)28-21(27-16)29-10-22(11-29)2-1-3-31-12-22/h4,6-7,14-15,20H,1-3,5,8-12H2,(H2,25,26)/t14-,15-/m0/s1. The van der Waals surface area contributed by atoms with E-state index in [1.165, 1.54) is 12.3 Å². The monoisotopic (exact) mass is 460 g/mol. The number of fused-ring (bicyclic) bond motifs is 2. The number of nitrogens with zero attached hydrogens (tertiary/aromatic N) is 5. The summed E-state index contributed by atoms with van der Waals surface area (Å²) in [7, 11) is 0. The Labute approximate surface area is 189 Å². The van der Waals surface area contributed by atoms with Crippen molar-refractivity contribution in [2.75, 3.05) is 55.0 Å². The lowest BCUT2D eigenvalue weighted by Crippen LogP contribution is -2.60. The predicted molar refractivity (Wildman–Crippen MR) is 116 cm³/mol. The lowest BCUT2D eigenvalue weighted by atomic mass is 9.76. The number of hydrogen-bond acceptors (Lipinski definition) is 9. The van der Waals surface area contributed by atoms with Gasteiger partial charge in [-0.2, -0.15) is 13.8 Å². The Morgan fingerprint density at radius 3 is 2.82 bits per heavy atom. The van der Waals surface area contributed by atoms with Crippen LogP contribution >= 0.6 is 0 Å². The average Bonchev–Trinajstić information content (AvgIpc) is 3.43. The summed E-state index contributed by atoms with van der Waals surface area (Å²) in [6.45, 7) is 1.73. The number of halogens is 2. The van der Waals surface area contributed by atoms with Crippen molar-refractivity contribution in [1.29, 1.82) is 0 Å². The zero-order valence-electron chi connectivity index (χ0n) is 18.1. The van der Waals surface area contributed by atoms with Gasteiger partial charge in [0.15, 0.2) is 11.6 Å². The maximum absolute atomic E-state index is 12.8. The summed E-state index contributed by atoms with van der Waals surface area (Å²) in [6.07, 6.45) is 4.93. The van der Waals surface area contributed by atoms with Gasteiger partial charge < -0.3 is 29.7 Å². The van der Waals surface area contributed by atoms with Crippen LogP contribution in [0.25, 0.3) is 11.3 Å². The van der Waals surface area contributed by atoms with Gasteiger partial charge in [0, 0.05) is 49.5 Å². The molecule has 0 amide bonds. The van der Waals surface area contributed by atoms with Gasteiger partial charge in [0.25, 0.3) is 0 Å². The molecule has 33 heavy (non-hydrogen) atoms. The molecule has 0 saturated carbocycles. The van der Waals surface area contributed by atoms with Crippen LogP contribution in [-0.2, 0) is 9.47 Å². The molecule has 4 aliphatic rings. The molecule has 6 rings (SSSR count). The van der Waals surface area contributed by atoms with Gasteiger partial charge in [0.2, 0.25) is 5.95 Å². The fraction of sp³-hybridized carbons (Fsp3) is 0.591. The van der Waals surface area contributed by atoms with Crippen LogP contribution in [-0.4, -0.2) is 73.2 Å². The first-order valence-electron chi connectivity index (χ1n) is 11.3. The smallest absolute Gasteiger partial charge is 0.387 e. The zero-order chi connectivity index (χ0) is 22.6. The number of nitrogen functional groups attached to an aromatic ring is 1. The van der Waals surface area contributed by atoms with Crippen molar-refractivity contribution in [3.8, 4) is 17.0 Å². The van der Waals surface area contributed by atoms with Crippen molar-refractivity contribution >= 4 is 17.6 Å². The second-order valence-electron chi connectivity index (χ2n) is 9.41. The Morgan fingerprint density at radius 2 is 2.12 bits per heavy atom. The van der Waals surface area contributed by atoms with Crippen LogP contribution in [0.2, 0.25) is 0 Å². The maximum Gasteiger partial charge on any atom is 0.387 e. The molecule has 0 unspecified atom stereocenters. The molecule has 1 spiro atoms. The molecular formula is C22H26F2N6O3. The zero-order valence-corrected chi connectivity index (χ0v) is 18.1. The number of pyridine rings is 1. The number of alkyl halides is 2. The van der Waals surface area contributed by atoms with E-state index in [9.17, 15) is 8.78 Å². The maximum atomic E-state index is 12.8. The number of aromatic nitrogens is 3. The van der Waals surface area contributed by atoms with Crippen molar-refractivity contribution < 1.29 is 23.0 Å². The van der Waals surface area contributed by atoms with E-state index in [1.807, 2.05) is 6.07 Å². The van der Waals surface area contributed by atoms with Crippen molar-refractivity contribution in [2.24, 2.45) is 5.41 Å². The highest BCUT2D eigenvalue weighted by Gasteiger charge is 2.46. The van der Waals surface area contributed by atoms with Gasteiger partial charge in [-0.05, 0) is 25.3 Å². The fourth-order valence-electron chi connectivity index (χ4n) is 5.39. The van der Waals surface area contributed by atoms with Crippen LogP contribution in [0.4, 0.5) is 26.4 Å². The molecule has 0 radical (unpaired) electrons. The topological polar surface area (TPSA) is 98.9 Å². The molecule has 4 fully saturated rings. The molecule has 4 aliphatic heterocycles. The molecule has 0 aromatic carbocycles. The third-order valence-electron chi connectivity index (χ3n) is 7.03. The first-order chi connectivity index (χ1) is 16.0. The Morgan fingerprint density at radius 1 is 1.24 bits per heavy atom. The van der Waals surface area contributed by atoms with E-state index in [2.05, 4.69) is 19.5 Å². The summed E-state index contributed by atoms with van der Waals surface area (Å²) >= 11 is 0. The molecule has 9 nitrogen and oxygen atoms in total. The predicted octanol–water partition coefficient (Wildman–Crippen LogP) is 2.32. The highest BCUT2D eigenvalue weighted by atomic mass is 19.3. The minimum atomic E-state index is -2.99. The number of nitrogens with two attached hydrogens (primary N) is 1. The molecular weight excluding hydrogens is 434 g/mol. The van der Waals surface area contributed by atoms with Crippen molar-refractivity contribution in [1.82, 2.24) is 15.0 Å². The summed E-state index contributed by atoms with van der Waals surface area (Å²) in [4.78, 5) is 18.1. The van der Waals surface area contributed by atoms with Gasteiger partial charge in [0.1, 0.15) is 5.82 Å². The van der Waals surface area contributed by atoms with E-state index >= 15 is 0 Å². The van der Waals surface area contributed by atoms with Crippen LogP contribution < -0.4 is 20.3 Å².